The minimum atomic E-state index is -0.0982. The maximum absolute atomic E-state index is 12.5. The summed E-state index contributed by atoms with van der Waals surface area (Å²) < 4.78 is 6.06. The molecule has 0 radical (unpaired) electrons. The van der Waals surface area contributed by atoms with E-state index in [9.17, 15) is 4.79 Å². The lowest BCUT2D eigenvalue weighted by atomic mass is 10.0. The fraction of sp³-hybridized carbons (Fsp3) is 0.368. The molecule has 1 saturated heterocycles. The van der Waals surface area contributed by atoms with E-state index in [1.165, 1.54) is 0 Å². The highest BCUT2D eigenvalue weighted by atomic mass is 35.5. The second-order valence-corrected chi connectivity index (χ2v) is 7.15. The number of hydrogen-bond donors (Lipinski definition) is 0. The van der Waals surface area contributed by atoms with Crippen LogP contribution >= 0.6 is 11.6 Å². The molecule has 2 fully saturated rings. The molecule has 1 amide bonds. The molecule has 1 aliphatic heterocycles. The number of ether oxygens (including phenoxy) is 1. The molecule has 0 bridgehead atoms. The molecule has 132 valence electrons. The van der Waals surface area contributed by atoms with Gasteiger partial charge in [-0.2, -0.15) is 0 Å². The molecule has 1 saturated carbocycles. The first-order valence-corrected chi connectivity index (χ1v) is 8.92. The molecule has 2 aliphatic rings. The molecule has 0 spiro atoms. The number of halogens is 1. The van der Waals surface area contributed by atoms with Crippen molar-refractivity contribution in [3.8, 4) is 5.75 Å². The fourth-order valence-electron chi connectivity index (χ4n) is 3.90. The van der Waals surface area contributed by atoms with Gasteiger partial charge in [-0.05, 0) is 42.9 Å². The van der Waals surface area contributed by atoms with E-state index in [-0.39, 0.29) is 17.8 Å². The molecule has 4 rings (SSSR count). The van der Waals surface area contributed by atoms with Crippen molar-refractivity contribution in [2.24, 2.45) is 11.8 Å². The van der Waals surface area contributed by atoms with Crippen LogP contribution < -0.4 is 4.74 Å². The highest BCUT2D eigenvalue weighted by Crippen LogP contribution is 2.40. The van der Waals surface area contributed by atoms with Gasteiger partial charge in [-0.1, -0.05) is 17.7 Å². The molecule has 2 unspecified atom stereocenters. The van der Waals surface area contributed by atoms with Crippen LogP contribution in [0.2, 0.25) is 5.02 Å². The maximum atomic E-state index is 12.5. The minimum Gasteiger partial charge on any atom is -0.490 e. The Hall–Kier alpha value is -2.65. The number of benzene rings is 1. The first-order chi connectivity index (χ1) is 12.6. The van der Waals surface area contributed by atoms with Crippen LogP contribution in [-0.4, -0.2) is 40.0 Å². The van der Waals surface area contributed by atoms with Crippen LogP contribution in [0, 0.1) is 18.4 Å². The number of fused-ring (bicyclic) bond motifs is 1. The van der Waals surface area contributed by atoms with Crippen LogP contribution in [0.4, 0.5) is 5.69 Å². The van der Waals surface area contributed by atoms with Gasteiger partial charge in [-0.3, -0.25) is 4.79 Å². The Morgan fingerprint density at radius 2 is 1.92 bits per heavy atom. The summed E-state index contributed by atoms with van der Waals surface area (Å²) in [7, 11) is 0. The van der Waals surface area contributed by atoms with Crippen molar-refractivity contribution < 1.29 is 9.53 Å². The number of carbonyl (C=O) groups excluding carboxylic acids is 1. The van der Waals surface area contributed by atoms with Gasteiger partial charge in [-0.15, -0.1) is 0 Å². The summed E-state index contributed by atoms with van der Waals surface area (Å²) in [6.45, 7) is 8.48. The first kappa shape index (κ1) is 16.8. The highest BCUT2D eigenvalue weighted by Gasteiger charge is 2.43. The summed E-state index contributed by atoms with van der Waals surface area (Å²) in [5.41, 5.74) is 0.430. The third-order valence-electron chi connectivity index (χ3n) is 5.09. The Morgan fingerprint density at radius 3 is 2.54 bits per heavy atom. The van der Waals surface area contributed by atoms with Gasteiger partial charge in [0.05, 0.1) is 17.7 Å². The molecule has 1 aromatic carbocycles. The van der Waals surface area contributed by atoms with E-state index in [1.807, 2.05) is 4.90 Å². The van der Waals surface area contributed by atoms with Gasteiger partial charge in [0.25, 0.3) is 5.91 Å². The van der Waals surface area contributed by atoms with Crippen molar-refractivity contribution in [3.63, 3.8) is 0 Å². The standard InChI is InChI=1S/C19H17ClN4O2/c1-21-17-4-3-14(9-16(17)20)26-15-7-12-10-24(11-13(12)8-15)19(25)18-22-5-2-6-23-18/h2-6,9,12-13,15H,7-8,10-11H2. The Balaban J connectivity index is 1.36. The van der Waals surface area contributed by atoms with Gasteiger partial charge in [0.1, 0.15) is 5.75 Å². The Morgan fingerprint density at radius 1 is 1.23 bits per heavy atom. The highest BCUT2D eigenvalue weighted by molar-refractivity contribution is 6.33. The lowest BCUT2D eigenvalue weighted by molar-refractivity contribution is 0.0757. The zero-order valence-electron chi connectivity index (χ0n) is 14.0. The first-order valence-electron chi connectivity index (χ1n) is 8.54. The number of nitrogens with zero attached hydrogens (tertiary/aromatic N) is 4. The summed E-state index contributed by atoms with van der Waals surface area (Å²) in [6.07, 6.45) is 5.11. The lowest BCUT2D eigenvalue weighted by Gasteiger charge is -2.19. The molecular formula is C19H17ClN4O2. The fourth-order valence-corrected chi connectivity index (χ4v) is 4.11. The average molecular weight is 369 g/mol. The summed E-state index contributed by atoms with van der Waals surface area (Å²) in [5.74, 6) is 1.73. The average Bonchev–Trinajstić information content (AvgIpc) is 3.20. The molecule has 7 heteroatoms. The van der Waals surface area contributed by atoms with Crippen molar-refractivity contribution in [2.45, 2.75) is 18.9 Å². The smallest absolute Gasteiger partial charge is 0.291 e. The molecule has 2 aromatic rings. The molecule has 6 nitrogen and oxygen atoms in total. The van der Waals surface area contributed by atoms with E-state index in [0.29, 0.717) is 28.3 Å². The van der Waals surface area contributed by atoms with Crippen LogP contribution in [-0.2, 0) is 0 Å². The largest absolute Gasteiger partial charge is 0.490 e. The number of aromatic nitrogens is 2. The zero-order chi connectivity index (χ0) is 18.1. The zero-order valence-corrected chi connectivity index (χ0v) is 14.8. The minimum absolute atomic E-state index is 0.0982. The maximum Gasteiger partial charge on any atom is 0.291 e. The molecule has 0 N–H and O–H groups in total. The van der Waals surface area contributed by atoms with Crippen LogP contribution in [0.5, 0.6) is 5.75 Å². The van der Waals surface area contributed by atoms with Crippen molar-refractivity contribution in [3.05, 3.63) is 58.9 Å². The molecule has 2 heterocycles. The van der Waals surface area contributed by atoms with Crippen LogP contribution in [0.3, 0.4) is 0 Å². The third-order valence-corrected chi connectivity index (χ3v) is 5.40. The predicted octanol–water partition coefficient (Wildman–Crippen LogP) is 3.61. The molecule has 1 aromatic heterocycles. The van der Waals surface area contributed by atoms with E-state index in [1.54, 1.807) is 36.7 Å². The second-order valence-electron chi connectivity index (χ2n) is 6.74. The lowest BCUT2D eigenvalue weighted by Crippen LogP contribution is -2.32. The predicted molar refractivity (Wildman–Crippen MR) is 96.3 cm³/mol. The van der Waals surface area contributed by atoms with Crippen molar-refractivity contribution in [1.29, 1.82) is 0 Å². The van der Waals surface area contributed by atoms with Crippen molar-refractivity contribution in [1.82, 2.24) is 14.9 Å². The Kier molecular flexibility index (Phi) is 4.48. The van der Waals surface area contributed by atoms with E-state index in [0.717, 1.165) is 25.9 Å². The van der Waals surface area contributed by atoms with Gasteiger partial charge in [0, 0.05) is 25.5 Å². The van der Waals surface area contributed by atoms with Crippen molar-refractivity contribution >= 4 is 23.2 Å². The quantitative estimate of drug-likeness (QED) is 0.776. The van der Waals surface area contributed by atoms with Crippen LogP contribution in [0.15, 0.2) is 36.7 Å². The molecular weight excluding hydrogens is 352 g/mol. The monoisotopic (exact) mass is 368 g/mol. The summed E-state index contributed by atoms with van der Waals surface area (Å²) >= 11 is 6.07. The van der Waals surface area contributed by atoms with Gasteiger partial charge in [0.2, 0.25) is 11.5 Å². The third kappa shape index (κ3) is 3.23. The Labute approximate surface area is 156 Å². The second kappa shape index (κ2) is 6.93. The van der Waals surface area contributed by atoms with Gasteiger partial charge in [-0.25, -0.2) is 14.8 Å². The number of amides is 1. The Bertz CT molecular complexity index is 854. The molecule has 26 heavy (non-hydrogen) atoms. The number of carbonyl (C=O) groups is 1. The van der Waals surface area contributed by atoms with E-state index in [2.05, 4.69) is 14.8 Å². The summed E-state index contributed by atoms with van der Waals surface area (Å²) in [6, 6.07) is 6.87. The number of hydrogen-bond acceptors (Lipinski definition) is 4. The van der Waals surface area contributed by atoms with Gasteiger partial charge in [0.15, 0.2) is 0 Å². The molecule has 1 aliphatic carbocycles. The van der Waals surface area contributed by atoms with Crippen LogP contribution in [0.1, 0.15) is 23.5 Å². The normalized spacial score (nSPS) is 24.2. The SMILES string of the molecule is [C-]#[N+]c1ccc(OC2CC3CN(C(=O)c4ncccn4)CC3C2)cc1Cl. The summed E-state index contributed by atoms with van der Waals surface area (Å²) in [4.78, 5) is 25.8. The topological polar surface area (TPSA) is 59.7 Å². The van der Waals surface area contributed by atoms with E-state index >= 15 is 0 Å². The van der Waals surface area contributed by atoms with Gasteiger partial charge < -0.3 is 9.64 Å². The van der Waals surface area contributed by atoms with E-state index < -0.39 is 0 Å². The van der Waals surface area contributed by atoms with Gasteiger partial charge >= 0.3 is 0 Å². The van der Waals surface area contributed by atoms with Crippen LogP contribution in [0.25, 0.3) is 4.85 Å². The summed E-state index contributed by atoms with van der Waals surface area (Å²) in [5, 5.41) is 0.412. The van der Waals surface area contributed by atoms with Crippen molar-refractivity contribution in [2.75, 3.05) is 13.1 Å². The number of rotatable bonds is 3. The molecule has 2 atom stereocenters. The van der Waals surface area contributed by atoms with E-state index in [4.69, 9.17) is 22.9 Å². The number of likely N-dealkylation sites (tertiary alicyclic amines) is 1.